The van der Waals surface area contributed by atoms with Crippen molar-refractivity contribution < 1.29 is 4.74 Å². The molecule has 1 aliphatic rings. The van der Waals surface area contributed by atoms with Crippen LogP contribution in [0.1, 0.15) is 25.7 Å². The van der Waals surface area contributed by atoms with Crippen LogP contribution < -0.4 is 9.64 Å². The molecule has 2 atom stereocenters. The van der Waals surface area contributed by atoms with E-state index in [1.54, 1.807) is 7.11 Å². The highest BCUT2D eigenvalue weighted by Crippen LogP contribution is 2.29. The van der Waals surface area contributed by atoms with Crippen molar-refractivity contribution in [3.63, 3.8) is 0 Å². The topological polar surface area (TPSA) is 38.2 Å². The van der Waals surface area contributed by atoms with Gasteiger partial charge in [0.1, 0.15) is 12.1 Å². The quantitative estimate of drug-likeness (QED) is 0.778. The van der Waals surface area contributed by atoms with Gasteiger partial charge in [-0.1, -0.05) is 12.8 Å². The van der Waals surface area contributed by atoms with Crippen molar-refractivity contribution in [2.24, 2.45) is 0 Å². The highest BCUT2D eigenvalue weighted by molar-refractivity contribution is 6.21. The van der Waals surface area contributed by atoms with Crippen LogP contribution in [0.4, 0.5) is 5.82 Å². The summed E-state index contributed by atoms with van der Waals surface area (Å²) in [6.45, 7) is 0. The van der Waals surface area contributed by atoms with Crippen LogP contribution in [-0.2, 0) is 0 Å². The largest absolute Gasteiger partial charge is 0.481 e. The lowest BCUT2D eigenvalue weighted by atomic mass is 9.94. The number of aromatic nitrogens is 2. The predicted octanol–water partition coefficient (Wildman–Crippen LogP) is 2.47. The van der Waals surface area contributed by atoms with Crippen molar-refractivity contribution in [3.05, 3.63) is 12.4 Å². The van der Waals surface area contributed by atoms with E-state index in [1.807, 2.05) is 13.1 Å². The molecule has 0 N–H and O–H groups in total. The van der Waals surface area contributed by atoms with Crippen molar-refractivity contribution in [1.82, 2.24) is 9.97 Å². The molecule has 2 unspecified atom stereocenters. The van der Waals surface area contributed by atoms with Crippen molar-refractivity contribution in [1.29, 1.82) is 0 Å². The number of hydrogen-bond acceptors (Lipinski definition) is 4. The van der Waals surface area contributed by atoms with E-state index in [0.29, 0.717) is 11.9 Å². The van der Waals surface area contributed by atoms with E-state index in [0.717, 1.165) is 18.7 Å². The minimum absolute atomic E-state index is 0.203. The van der Waals surface area contributed by atoms with Crippen LogP contribution in [0, 0.1) is 0 Å². The minimum Gasteiger partial charge on any atom is -0.481 e. The van der Waals surface area contributed by atoms with E-state index in [4.69, 9.17) is 16.3 Å². The summed E-state index contributed by atoms with van der Waals surface area (Å²) in [5, 5.41) is 0.203. The van der Waals surface area contributed by atoms with Gasteiger partial charge in [-0.3, -0.25) is 0 Å². The summed E-state index contributed by atoms with van der Waals surface area (Å²) in [6.07, 6.45) is 6.19. The molecule has 1 aromatic rings. The summed E-state index contributed by atoms with van der Waals surface area (Å²) < 4.78 is 5.11. The fourth-order valence-electron chi connectivity index (χ4n) is 2.31. The number of nitrogens with zero attached hydrogens (tertiary/aromatic N) is 3. The van der Waals surface area contributed by atoms with Crippen LogP contribution in [0.2, 0.25) is 0 Å². The smallest absolute Gasteiger partial charge is 0.218 e. The molecule has 5 heteroatoms. The Morgan fingerprint density at radius 2 is 2.12 bits per heavy atom. The first-order valence-corrected chi connectivity index (χ1v) is 6.39. The molecule has 2 rings (SSSR count). The minimum atomic E-state index is 0.203. The molecule has 0 aliphatic heterocycles. The van der Waals surface area contributed by atoms with Crippen LogP contribution in [0.5, 0.6) is 5.88 Å². The maximum absolute atomic E-state index is 6.38. The molecule has 0 spiro atoms. The summed E-state index contributed by atoms with van der Waals surface area (Å²) in [6, 6.07) is 2.20. The number of anilines is 1. The molecule has 1 aromatic heterocycles. The Bertz CT molecular complexity index is 375. The summed E-state index contributed by atoms with van der Waals surface area (Å²) in [5.74, 6) is 1.46. The maximum atomic E-state index is 6.38. The first-order chi connectivity index (χ1) is 8.22. The van der Waals surface area contributed by atoms with Gasteiger partial charge in [0.05, 0.1) is 12.5 Å². The molecule has 1 saturated carbocycles. The molecule has 94 valence electrons. The average molecular weight is 256 g/mol. The van der Waals surface area contributed by atoms with Crippen molar-refractivity contribution >= 4 is 17.4 Å². The van der Waals surface area contributed by atoms with Crippen LogP contribution in [0.3, 0.4) is 0 Å². The fraction of sp³-hybridized carbons (Fsp3) is 0.667. The van der Waals surface area contributed by atoms with E-state index in [1.165, 1.54) is 19.2 Å². The van der Waals surface area contributed by atoms with E-state index in [2.05, 4.69) is 14.9 Å². The van der Waals surface area contributed by atoms with E-state index >= 15 is 0 Å². The molecule has 17 heavy (non-hydrogen) atoms. The Balaban J connectivity index is 2.14. The SMILES string of the molecule is COc1cc(N(C)C2CCCCC2Cl)ncn1. The van der Waals surface area contributed by atoms with Gasteiger partial charge in [-0.25, -0.2) is 9.97 Å². The zero-order valence-corrected chi connectivity index (χ0v) is 11.0. The van der Waals surface area contributed by atoms with Gasteiger partial charge in [0.15, 0.2) is 0 Å². The third-order valence-corrected chi connectivity index (χ3v) is 3.85. The standard InChI is InChI=1S/C12H18ClN3O/c1-16(10-6-4-3-5-9(10)13)11-7-12(17-2)15-8-14-11/h7-10H,3-6H2,1-2H3. The van der Waals surface area contributed by atoms with Crippen LogP contribution in [0.25, 0.3) is 0 Å². The van der Waals surface area contributed by atoms with Crippen LogP contribution >= 0.6 is 11.6 Å². The van der Waals surface area contributed by atoms with Gasteiger partial charge in [-0.05, 0) is 12.8 Å². The zero-order valence-electron chi connectivity index (χ0n) is 10.3. The normalized spacial score (nSPS) is 24.4. The highest BCUT2D eigenvalue weighted by Gasteiger charge is 2.27. The van der Waals surface area contributed by atoms with Gasteiger partial charge in [0.25, 0.3) is 0 Å². The molecule has 0 bridgehead atoms. The lowest BCUT2D eigenvalue weighted by Gasteiger charge is -2.35. The first-order valence-electron chi connectivity index (χ1n) is 5.95. The molecule has 0 aromatic carbocycles. The Morgan fingerprint density at radius 1 is 1.35 bits per heavy atom. The van der Waals surface area contributed by atoms with Crippen molar-refractivity contribution in [3.8, 4) is 5.88 Å². The Kier molecular flexibility index (Phi) is 4.05. The number of ether oxygens (including phenoxy) is 1. The Hall–Kier alpha value is -1.03. The van der Waals surface area contributed by atoms with Gasteiger partial charge in [0, 0.05) is 19.2 Å². The van der Waals surface area contributed by atoms with E-state index in [9.17, 15) is 0 Å². The molecule has 0 saturated heterocycles. The number of methoxy groups -OCH3 is 1. The lowest BCUT2D eigenvalue weighted by Crippen LogP contribution is -2.41. The van der Waals surface area contributed by atoms with E-state index < -0.39 is 0 Å². The Morgan fingerprint density at radius 3 is 2.82 bits per heavy atom. The molecular weight excluding hydrogens is 238 g/mol. The van der Waals surface area contributed by atoms with Crippen LogP contribution in [0.15, 0.2) is 12.4 Å². The second-order valence-corrected chi connectivity index (χ2v) is 4.96. The van der Waals surface area contributed by atoms with E-state index in [-0.39, 0.29) is 5.38 Å². The molecular formula is C12H18ClN3O. The number of alkyl halides is 1. The summed E-state index contributed by atoms with van der Waals surface area (Å²) in [7, 11) is 3.64. The molecule has 4 nitrogen and oxygen atoms in total. The first kappa shape index (κ1) is 12.4. The second-order valence-electron chi connectivity index (χ2n) is 4.40. The van der Waals surface area contributed by atoms with Gasteiger partial charge in [-0.2, -0.15) is 0 Å². The van der Waals surface area contributed by atoms with Gasteiger partial charge >= 0.3 is 0 Å². The maximum Gasteiger partial charge on any atom is 0.218 e. The van der Waals surface area contributed by atoms with Gasteiger partial charge in [-0.15, -0.1) is 11.6 Å². The Labute approximate surface area is 107 Å². The van der Waals surface area contributed by atoms with Gasteiger partial charge < -0.3 is 9.64 Å². The molecule has 1 fully saturated rings. The lowest BCUT2D eigenvalue weighted by molar-refractivity contribution is 0.395. The third kappa shape index (κ3) is 2.80. The van der Waals surface area contributed by atoms with Gasteiger partial charge in [0.2, 0.25) is 5.88 Å². The molecule has 0 amide bonds. The van der Waals surface area contributed by atoms with Crippen LogP contribution in [-0.4, -0.2) is 35.5 Å². The number of rotatable bonds is 3. The highest BCUT2D eigenvalue weighted by atomic mass is 35.5. The predicted molar refractivity (Wildman–Crippen MR) is 68.9 cm³/mol. The summed E-state index contributed by atoms with van der Waals surface area (Å²) >= 11 is 6.38. The second kappa shape index (κ2) is 5.54. The summed E-state index contributed by atoms with van der Waals surface area (Å²) in [5.41, 5.74) is 0. The molecule has 1 aliphatic carbocycles. The monoisotopic (exact) mass is 255 g/mol. The third-order valence-electron chi connectivity index (χ3n) is 3.34. The number of hydrogen-bond donors (Lipinski definition) is 0. The average Bonchev–Trinajstić information content (AvgIpc) is 2.38. The fourth-order valence-corrected chi connectivity index (χ4v) is 2.76. The molecule has 1 heterocycles. The zero-order chi connectivity index (χ0) is 12.3. The number of halogens is 1. The van der Waals surface area contributed by atoms with Crippen molar-refractivity contribution in [2.45, 2.75) is 37.1 Å². The summed E-state index contributed by atoms with van der Waals surface area (Å²) in [4.78, 5) is 10.4. The molecule has 0 radical (unpaired) electrons. The van der Waals surface area contributed by atoms with Crippen molar-refractivity contribution in [2.75, 3.05) is 19.1 Å².